The van der Waals surface area contributed by atoms with Gasteiger partial charge >= 0.3 is 0 Å². The van der Waals surface area contributed by atoms with Gasteiger partial charge in [0, 0.05) is 35.9 Å². The molecule has 7 heteroatoms. The first-order valence-electron chi connectivity index (χ1n) is 8.04. The van der Waals surface area contributed by atoms with Crippen LogP contribution in [0.25, 0.3) is 16.2 Å². The molecule has 3 rings (SSSR count). The normalized spacial score (nSPS) is 12.3. The van der Waals surface area contributed by atoms with E-state index >= 15 is 0 Å². The number of benzene rings is 1. The Hall–Kier alpha value is -2.67. The van der Waals surface area contributed by atoms with Crippen LogP contribution in [0.4, 0.5) is 5.69 Å². The standard InChI is InChI=1S/C18H20N4O2S/c1-11(2)16(19-12(3)23)17(24)20-14-6-4-13(5-7-14)15-10-22-8-9-25-18(22)21-15/h4-11,16H,1-3H3,(H,19,23)(H,20,24)/t16-/m0/s1. The highest BCUT2D eigenvalue weighted by molar-refractivity contribution is 7.15. The third-order valence-corrected chi connectivity index (χ3v) is 4.62. The maximum absolute atomic E-state index is 12.4. The van der Waals surface area contributed by atoms with Gasteiger partial charge in [0.2, 0.25) is 11.8 Å². The summed E-state index contributed by atoms with van der Waals surface area (Å²) in [5.41, 5.74) is 2.56. The van der Waals surface area contributed by atoms with Crippen molar-refractivity contribution in [2.75, 3.05) is 5.32 Å². The first-order chi connectivity index (χ1) is 11.9. The minimum Gasteiger partial charge on any atom is -0.344 e. The van der Waals surface area contributed by atoms with E-state index in [1.165, 1.54) is 6.92 Å². The van der Waals surface area contributed by atoms with Crippen LogP contribution < -0.4 is 10.6 Å². The molecule has 0 unspecified atom stereocenters. The third kappa shape index (κ3) is 3.88. The van der Waals surface area contributed by atoms with Gasteiger partial charge in [-0.15, -0.1) is 11.3 Å². The van der Waals surface area contributed by atoms with E-state index in [-0.39, 0.29) is 17.7 Å². The van der Waals surface area contributed by atoms with Crippen molar-refractivity contribution in [3.63, 3.8) is 0 Å². The lowest BCUT2D eigenvalue weighted by Gasteiger charge is -2.21. The molecule has 3 aromatic rings. The summed E-state index contributed by atoms with van der Waals surface area (Å²) in [6, 6.07) is 6.96. The van der Waals surface area contributed by atoms with E-state index in [1.54, 1.807) is 11.3 Å². The summed E-state index contributed by atoms with van der Waals surface area (Å²) in [5, 5.41) is 7.53. The van der Waals surface area contributed by atoms with E-state index in [9.17, 15) is 9.59 Å². The number of carbonyl (C=O) groups excluding carboxylic acids is 2. The number of fused-ring (bicyclic) bond motifs is 1. The molecule has 0 aliphatic heterocycles. The second-order valence-corrected chi connectivity index (χ2v) is 7.08. The maximum Gasteiger partial charge on any atom is 0.247 e. The number of anilines is 1. The Morgan fingerprint density at radius 1 is 1.20 bits per heavy atom. The fraction of sp³-hybridized carbons (Fsp3) is 0.278. The zero-order valence-corrected chi connectivity index (χ0v) is 15.1. The van der Waals surface area contributed by atoms with Gasteiger partial charge in [-0.05, 0) is 18.1 Å². The van der Waals surface area contributed by atoms with Crippen molar-refractivity contribution in [3.8, 4) is 11.3 Å². The topological polar surface area (TPSA) is 75.5 Å². The van der Waals surface area contributed by atoms with Crippen molar-refractivity contribution < 1.29 is 9.59 Å². The molecule has 0 bridgehead atoms. The molecule has 2 N–H and O–H groups in total. The monoisotopic (exact) mass is 356 g/mol. The first-order valence-corrected chi connectivity index (χ1v) is 8.92. The Balaban J connectivity index is 1.72. The smallest absolute Gasteiger partial charge is 0.247 e. The molecule has 0 fully saturated rings. The number of hydrogen-bond donors (Lipinski definition) is 2. The first kappa shape index (κ1) is 17.2. The number of carbonyl (C=O) groups is 2. The number of hydrogen-bond acceptors (Lipinski definition) is 4. The molecule has 2 heterocycles. The van der Waals surface area contributed by atoms with E-state index in [2.05, 4.69) is 15.6 Å². The van der Waals surface area contributed by atoms with Gasteiger partial charge in [0.05, 0.1) is 5.69 Å². The second kappa shape index (κ2) is 7.06. The van der Waals surface area contributed by atoms with Crippen molar-refractivity contribution in [2.45, 2.75) is 26.8 Å². The molecule has 1 atom stereocenters. The van der Waals surface area contributed by atoms with E-state index in [0.717, 1.165) is 16.2 Å². The minimum absolute atomic E-state index is 0.00153. The van der Waals surface area contributed by atoms with Crippen LogP contribution in [0.2, 0.25) is 0 Å². The average Bonchev–Trinajstić information content (AvgIpc) is 3.14. The molecule has 130 valence electrons. The van der Waals surface area contributed by atoms with Gasteiger partial charge in [-0.3, -0.25) is 14.0 Å². The molecule has 0 spiro atoms. The number of amides is 2. The van der Waals surface area contributed by atoms with Crippen LogP contribution in [0.1, 0.15) is 20.8 Å². The molecule has 6 nitrogen and oxygen atoms in total. The molecule has 1 aromatic carbocycles. The van der Waals surface area contributed by atoms with Crippen LogP contribution >= 0.6 is 11.3 Å². The lowest BCUT2D eigenvalue weighted by atomic mass is 10.0. The van der Waals surface area contributed by atoms with Crippen molar-refractivity contribution in [2.24, 2.45) is 5.92 Å². The van der Waals surface area contributed by atoms with E-state index in [0.29, 0.717) is 5.69 Å². The summed E-state index contributed by atoms with van der Waals surface area (Å²) in [7, 11) is 0. The van der Waals surface area contributed by atoms with Crippen molar-refractivity contribution >= 4 is 33.8 Å². The quantitative estimate of drug-likeness (QED) is 0.737. The molecular weight excluding hydrogens is 336 g/mol. The molecular formula is C18H20N4O2S. The van der Waals surface area contributed by atoms with Gasteiger partial charge in [0.15, 0.2) is 4.96 Å². The Morgan fingerprint density at radius 2 is 1.92 bits per heavy atom. The van der Waals surface area contributed by atoms with Crippen molar-refractivity contribution in [3.05, 3.63) is 42.0 Å². The number of imidazole rings is 1. The minimum atomic E-state index is -0.558. The summed E-state index contributed by atoms with van der Waals surface area (Å²) < 4.78 is 1.98. The molecule has 0 saturated carbocycles. The molecule has 25 heavy (non-hydrogen) atoms. The Bertz CT molecular complexity index is 867. The predicted octanol–water partition coefficient (Wildman–Crippen LogP) is 3.16. The van der Waals surface area contributed by atoms with Crippen LogP contribution in [-0.2, 0) is 9.59 Å². The van der Waals surface area contributed by atoms with Crippen LogP contribution in [0.15, 0.2) is 42.0 Å². The lowest BCUT2D eigenvalue weighted by Crippen LogP contribution is -2.46. The number of nitrogens with zero attached hydrogens (tertiary/aromatic N) is 2. The largest absolute Gasteiger partial charge is 0.344 e. The highest BCUT2D eigenvalue weighted by atomic mass is 32.1. The maximum atomic E-state index is 12.4. The molecule has 2 aromatic heterocycles. The van der Waals surface area contributed by atoms with Gasteiger partial charge in [-0.25, -0.2) is 4.98 Å². The van der Waals surface area contributed by atoms with Gasteiger partial charge in [-0.2, -0.15) is 0 Å². The number of aromatic nitrogens is 2. The Morgan fingerprint density at radius 3 is 2.52 bits per heavy atom. The second-order valence-electron chi connectivity index (χ2n) is 6.21. The highest BCUT2D eigenvalue weighted by Gasteiger charge is 2.23. The van der Waals surface area contributed by atoms with E-state index < -0.39 is 6.04 Å². The predicted molar refractivity (Wildman–Crippen MR) is 99.6 cm³/mol. The van der Waals surface area contributed by atoms with Gasteiger partial charge in [0.1, 0.15) is 6.04 Å². The Kier molecular flexibility index (Phi) is 4.85. The van der Waals surface area contributed by atoms with Gasteiger partial charge < -0.3 is 10.6 Å². The van der Waals surface area contributed by atoms with Gasteiger partial charge in [0.25, 0.3) is 0 Å². The van der Waals surface area contributed by atoms with Crippen LogP contribution in [0.3, 0.4) is 0 Å². The zero-order chi connectivity index (χ0) is 18.0. The summed E-state index contributed by atoms with van der Waals surface area (Å²) >= 11 is 1.59. The van der Waals surface area contributed by atoms with Crippen molar-refractivity contribution in [1.82, 2.24) is 14.7 Å². The summed E-state index contributed by atoms with van der Waals surface area (Å²) in [4.78, 5) is 29.2. The van der Waals surface area contributed by atoms with Crippen LogP contribution in [-0.4, -0.2) is 27.2 Å². The van der Waals surface area contributed by atoms with Gasteiger partial charge in [-0.1, -0.05) is 26.0 Å². The Labute approximate surface area is 149 Å². The van der Waals surface area contributed by atoms with Crippen molar-refractivity contribution in [1.29, 1.82) is 0 Å². The number of nitrogens with one attached hydrogen (secondary N) is 2. The molecule has 0 aliphatic carbocycles. The average molecular weight is 356 g/mol. The zero-order valence-electron chi connectivity index (χ0n) is 14.3. The molecule has 2 amide bonds. The number of thiazole rings is 1. The summed E-state index contributed by atoms with van der Waals surface area (Å²) in [5.74, 6) is -0.439. The molecule has 0 radical (unpaired) electrons. The van der Waals surface area contributed by atoms with E-state index in [4.69, 9.17) is 0 Å². The summed E-state index contributed by atoms with van der Waals surface area (Å²) in [6.07, 6.45) is 3.95. The third-order valence-electron chi connectivity index (χ3n) is 3.85. The van der Waals surface area contributed by atoms with Crippen LogP contribution in [0, 0.1) is 5.92 Å². The van der Waals surface area contributed by atoms with Crippen LogP contribution in [0.5, 0.6) is 0 Å². The summed E-state index contributed by atoms with van der Waals surface area (Å²) in [6.45, 7) is 5.20. The SMILES string of the molecule is CC(=O)N[C@H](C(=O)Nc1ccc(-c2cn3ccsc3n2)cc1)C(C)C. The fourth-order valence-electron chi connectivity index (χ4n) is 2.56. The van der Waals surface area contributed by atoms with E-state index in [1.807, 2.05) is 60.3 Å². The fourth-order valence-corrected chi connectivity index (χ4v) is 3.26. The lowest BCUT2D eigenvalue weighted by molar-refractivity contribution is -0.126. The number of rotatable bonds is 5. The highest BCUT2D eigenvalue weighted by Crippen LogP contribution is 2.23. The molecule has 0 saturated heterocycles. The molecule has 0 aliphatic rings.